The number of aryl methyl sites for hydroxylation is 2. The molecule has 0 unspecified atom stereocenters. The van der Waals surface area contributed by atoms with Crippen LogP contribution in [-0.4, -0.2) is 53.8 Å². The molecule has 1 aromatic carbocycles. The molecule has 0 bridgehead atoms. The molecule has 2 amide bonds. The average molecular weight is 402 g/mol. The number of benzene rings is 1. The molecule has 2 rings (SSSR count). The molecule has 1 N–H and O–H groups in total. The van der Waals surface area contributed by atoms with Gasteiger partial charge in [0, 0.05) is 37.8 Å². The summed E-state index contributed by atoms with van der Waals surface area (Å²) >= 11 is 0. The first-order valence-electron chi connectivity index (χ1n) is 11.0. The average Bonchev–Trinajstić information content (AvgIpc) is 3.45. The van der Waals surface area contributed by atoms with Crippen LogP contribution in [0.4, 0.5) is 5.69 Å². The van der Waals surface area contributed by atoms with E-state index in [0.717, 1.165) is 42.7 Å². The highest BCUT2D eigenvalue weighted by Gasteiger charge is 2.31. The van der Waals surface area contributed by atoms with E-state index in [1.165, 1.54) is 0 Å². The Labute approximate surface area is 176 Å². The van der Waals surface area contributed by atoms with Crippen LogP contribution in [0, 0.1) is 25.7 Å². The highest BCUT2D eigenvalue weighted by atomic mass is 16.2. The van der Waals surface area contributed by atoms with Crippen LogP contribution < -0.4 is 5.32 Å². The van der Waals surface area contributed by atoms with E-state index in [4.69, 9.17) is 0 Å². The minimum absolute atomic E-state index is 0.000680. The third-order valence-electron chi connectivity index (χ3n) is 5.21. The summed E-state index contributed by atoms with van der Waals surface area (Å²) in [7, 11) is 0. The first-order valence-corrected chi connectivity index (χ1v) is 11.0. The molecule has 162 valence electrons. The molecular formula is C24H39N3O2. The van der Waals surface area contributed by atoms with Crippen molar-refractivity contribution in [2.45, 2.75) is 66.8 Å². The number of nitrogens with one attached hydrogen (secondary N) is 1. The Bertz CT molecular complexity index is 685. The van der Waals surface area contributed by atoms with Crippen LogP contribution in [0.1, 0.15) is 58.1 Å². The predicted molar refractivity (Wildman–Crippen MR) is 120 cm³/mol. The van der Waals surface area contributed by atoms with Gasteiger partial charge in [0.1, 0.15) is 0 Å². The fourth-order valence-corrected chi connectivity index (χ4v) is 3.63. The van der Waals surface area contributed by atoms with Gasteiger partial charge in [-0.05, 0) is 55.7 Å². The maximum atomic E-state index is 12.8. The van der Waals surface area contributed by atoms with Gasteiger partial charge >= 0.3 is 0 Å². The minimum Gasteiger partial charge on any atom is -0.342 e. The van der Waals surface area contributed by atoms with Gasteiger partial charge in [-0.15, -0.1) is 0 Å². The first-order chi connectivity index (χ1) is 13.7. The molecule has 0 atom stereocenters. The van der Waals surface area contributed by atoms with Gasteiger partial charge in [-0.3, -0.25) is 14.5 Å². The van der Waals surface area contributed by atoms with Gasteiger partial charge in [0.25, 0.3) is 0 Å². The first kappa shape index (κ1) is 23.4. The molecule has 0 radical (unpaired) electrons. The van der Waals surface area contributed by atoms with Crippen molar-refractivity contribution in [3.05, 3.63) is 29.3 Å². The molecule has 1 fully saturated rings. The third kappa shape index (κ3) is 8.17. The molecule has 1 saturated carbocycles. The van der Waals surface area contributed by atoms with E-state index < -0.39 is 0 Å². The molecule has 0 heterocycles. The van der Waals surface area contributed by atoms with Crippen molar-refractivity contribution in [1.29, 1.82) is 0 Å². The summed E-state index contributed by atoms with van der Waals surface area (Å²) in [6.45, 7) is 15.2. The van der Waals surface area contributed by atoms with E-state index in [2.05, 4.69) is 37.9 Å². The van der Waals surface area contributed by atoms with Crippen LogP contribution in [0.3, 0.4) is 0 Å². The lowest BCUT2D eigenvalue weighted by molar-refractivity contribution is -0.133. The van der Waals surface area contributed by atoms with E-state index in [1.807, 2.05) is 36.9 Å². The lowest BCUT2D eigenvalue weighted by atomic mass is 10.1. The Hall–Kier alpha value is -1.88. The van der Waals surface area contributed by atoms with Crippen molar-refractivity contribution in [1.82, 2.24) is 9.80 Å². The second-order valence-corrected chi connectivity index (χ2v) is 9.40. The monoisotopic (exact) mass is 401 g/mol. The summed E-state index contributed by atoms with van der Waals surface area (Å²) in [6.07, 6.45) is 2.71. The zero-order chi connectivity index (χ0) is 21.6. The van der Waals surface area contributed by atoms with Crippen LogP contribution in [0.5, 0.6) is 0 Å². The van der Waals surface area contributed by atoms with Gasteiger partial charge < -0.3 is 10.2 Å². The Morgan fingerprint density at radius 3 is 2.24 bits per heavy atom. The number of amides is 2. The van der Waals surface area contributed by atoms with Gasteiger partial charge in [-0.1, -0.05) is 39.8 Å². The van der Waals surface area contributed by atoms with Gasteiger partial charge in [0.2, 0.25) is 11.8 Å². The molecule has 0 spiro atoms. The van der Waals surface area contributed by atoms with E-state index >= 15 is 0 Å². The summed E-state index contributed by atoms with van der Waals surface area (Å²) in [6, 6.07) is 6.53. The second-order valence-electron chi connectivity index (χ2n) is 9.40. The molecule has 5 nitrogen and oxygen atoms in total. The van der Waals surface area contributed by atoms with E-state index in [-0.39, 0.29) is 11.8 Å². The van der Waals surface area contributed by atoms with Crippen molar-refractivity contribution >= 4 is 17.5 Å². The lowest BCUT2D eigenvalue weighted by Crippen LogP contribution is -2.41. The summed E-state index contributed by atoms with van der Waals surface area (Å²) in [5.41, 5.74) is 3.07. The zero-order valence-electron chi connectivity index (χ0n) is 19.1. The molecule has 1 aliphatic carbocycles. The fraction of sp³-hybridized carbons (Fsp3) is 0.667. The molecular weight excluding hydrogens is 362 g/mol. The Morgan fingerprint density at radius 2 is 1.69 bits per heavy atom. The molecule has 1 aromatic rings. The van der Waals surface area contributed by atoms with Crippen molar-refractivity contribution in [2.24, 2.45) is 11.8 Å². The molecule has 0 saturated heterocycles. The van der Waals surface area contributed by atoms with Crippen LogP contribution in [0.15, 0.2) is 18.2 Å². The number of hydrogen-bond donors (Lipinski definition) is 1. The largest absolute Gasteiger partial charge is 0.342 e. The maximum absolute atomic E-state index is 12.8. The summed E-state index contributed by atoms with van der Waals surface area (Å²) in [5.74, 6) is 1.12. The van der Waals surface area contributed by atoms with Gasteiger partial charge in [-0.25, -0.2) is 0 Å². The van der Waals surface area contributed by atoms with E-state index in [9.17, 15) is 9.59 Å². The highest BCUT2D eigenvalue weighted by Crippen LogP contribution is 2.27. The fourth-order valence-electron chi connectivity index (χ4n) is 3.63. The normalized spacial score (nSPS) is 14.0. The standard InChI is InChI=1S/C24H39N3O2/c1-17(2)14-27(15-18(3)4)24(29)11-12-26(21-9-10-21)16-23(28)25-22-13-19(5)7-8-20(22)6/h7-8,13,17-18,21H,9-12,14-16H2,1-6H3,(H,25,28). The van der Waals surface area contributed by atoms with Gasteiger partial charge in [0.05, 0.1) is 6.54 Å². The second kappa shape index (κ2) is 10.8. The van der Waals surface area contributed by atoms with Crippen LogP contribution >= 0.6 is 0 Å². The number of carbonyl (C=O) groups is 2. The smallest absolute Gasteiger partial charge is 0.238 e. The van der Waals surface area contributed by atoms with Crippen LogP contribution in [-0.2, 0) is 9.59 Å². The minimum atomic E-state index is -0.000680. The Morgan fingerprint density at radius 1 is 1.07 bits per heavy atom. The Kier molecular flexibility index (Phi) is 8.69. The van der Waals surface area contributed by atoms with Crippen molar-refractivity contribution in [2.75, 3.05) is 31.5 Å². The summed E-state index contributed by atoms with van der Waals surface area (Å²) < 4.78 is 0. The van der Waals surface area contributed by atoms with Crippen LogP contribution in [0.25, 0.3) is 0 Å². The molecule has 5 heteroatoms. The SMILES string of the molecule is Cc1ccc(C)c(NC(=O)CN(CCC(=O)N(CC(C)C)CC(C)C)C2CC2)c1. The molecule has 1 aliphatic rings. The maximum Gasteiger partial charge on any atom is 0.238 e. The highest BCUT2D eigenvalue weighted by molar-refractivity contribution is 5.93. The van der Waals surface area contributed by atoms with Crippen molar-refractivity contribution in [3.63, 3.8) is 0 Å². The number of rotatable bonds is 11. The Balaban J connectivity index is 1.91. The molecule has 0 aliphatic heterocycles. The van der Waals surface area contributed by atoms with Gasteiger partial charge in [0.15, 0.2) is 0 Å². The molecule has 0 aromatic heterocycles. The predicted octanol–water partition coefficient (Wildman–Crippen LogP) is 4.24. The van der Waals surface area contributed by atoms with Crippen LogP contribution in [0.2, 0.25) is 0 Å². The summed E-state index contributed by atoms with van der Waals surface area (Å²) in [4.78, 5) is 29.6. The van der Waals surface area contributed by atoms with Gasteiger partial charge in [-0.2, -0.15) is 0 Å². The third-order valence-corrected chi connectivity index (χ3v) is 5.21. The van der Waals surface area contributed by atoms with E-state index in [1.54, 1.807) is 0 Å². The van der Waals surface area contributed by atoms with Crippen molar-refractivity contribution in [3.8, 4) is 0 Å². The molecule has 29 heavy (non-hydrogen) atoms. The topological polar surface area (TPSA) is 52.7 Å². The zero-order valence-corrected chi connectivity index (χ0v) is 19.1. The van der Waals surface area contributed by atoms with Crippen molar-refractivity contribution < 1.29 is 9.59 Å². The number of anilines is 1. The quantitative estimate of drug-likeness (QED) is 0.603. The number of carbonyl (C=O) groups excluding carboxylic acids is 2. The lowest BCUT2D eigenvalue weighted by Gasteiger charge is -2.28. The number of nitrogens with zero attached hydrogens (tertiary/aromatic N) is 2. The van der Waals surface area contributed by atoms with E-state index in [0.29, 0.717) is 37.4 Å². The summed E-state index contributed by atoms with van der Waals surface area (Å²) in [5, 5.41) is 3.05. The number of hydrogen-bond acceptors (Lipinski definition) is 3.